The van der Waals surface area contributed by atoms with E-state index in [-0.39, 0.29) is 19.2 Å². The number of hydrogen-bond donors (Lipinski definition) is 3. The Bertz CT molecular complexity index is 2340. The zero-order chi connectivity index (χ0) is 42.7. The largest absolute Gasteiger partial charge is 0.481 e. The molecule has 0 radical (unpaired) electrons. The van der Waals surface area contributed by atoms with Gasteiger partial charge in [0.05, 0.1) is 31.2 Å². The lowest BCUT2D eigenvalue weighted by atomic mass is 9.95. The Hall–Kier alpha value is -6.84. The van der Waals surface area contributed by atoms with Gasteiger partial charge < -0.3 is 28.8 Å². The molecule has 2 aromatic carbocycles. The molecule has 0 unspecified atom stereocenters. The molecule has 4 heterocycles. The molecule has 59 heavy (non-hydrogen) atoms. The lowest BCUT2D eigenvalue weighted by molar-refractivity contribution is -0.152. The smallest absolute Gasteiger partial charge is 0.335 e. The maximum absolute atomic E-state index is 11.8. The summed E-state index contributed by atoms with van der Waals surface area (Å²) in [6.07, 6.45) is 0. The van der Waals surface area contributed by atoms with Crippen molar-refractivity contribution in [2.24, 2.45) is 10.8 Å². The van der Waals surface area contributed by atoms with Crippen LogP contribution in [0.4, 0.5) is 0 Å². The molecule has 0 aliphatic rings. The van der Waals surface area contributed by atoms with Gasteiger partial charge in [-0.1, -0.05) is 48.5 Å². The molecule has 0 saturated heterocycles. The molecule has 3 N–H and O–H groups in total. The van der Waals surface area contributed by atoms with E-state index in [0.29, 0.717) is 48.6 Å². The summed E-state index contributed by atoms with van der Waals surface area (Å²) >= 11 is 0. The van der Waals surface area contributed by atoms with E-state index >= 15 is 0 Å². The summed E-state index contributed by atoms with van der Waals surface area (Å²) in [5, 5.41) is 23.0. The van der Waals surface area contributed by atoms with E-state index in [4.69, 9.17) is 23.7 Å². The summed E-state index contributed by atoms with van der Waals surface area (Å²) in [5.74, 6) is 0.927. The summed E-state index contributed by atoms with van der Waals surface area (Å²) in [7, 11) is 1.37. The molecule has 0 amide bonds. The number of esters is 1. The van der Waals surface area contributed by atoms with Gasteiger partial charge in [0.15, 0.2) is 11.6 Å². The summed E-state index contributed by atoms with van der Waals surface area (Å²) in [5.41, 5.74) is 5.68. The van der Waals surface area contributed by atoms with Crippen molar-refractivity contribution in [2.75, 3.05) is 33.5 Å². The number of pyridine rings is 2. The van der Waals surface area contributed by atoms with Gasteiger partial charge in [0.1, 0.15) is 13.2 Å². The molecule has 0 atom stereocenters. The van der Waals surface area contributed by atoms with Crippen LogP contribution in [0.2, 0.25) is 0 Å². The molecule has 0 aliphatic carbocycles. The molecule has 16 heteroatoms. The van der Waals surface area contributed by atoms with Gasteiger partial charge in [-0.2, -0.15) is 9.97 Å². The third-order valence-corrected chi connectivity index (χ3v) is 9.01. The third-order valence-electron chi connectivity index (χ3n) is 9.01. The minimum absolute atomic E-state index is 0.0454. The van der Waals surface area contributed by atoms with E-state index in [0.717, 1.165) is 44.8 Å². The molecule has 0 saturated carbocycles. The zero-order valence-corrected chi connectivity index (χ0v) is 34.7. The van der Waals surface area contributed by atoms with E-state index in [2.05, 4.69) is 40.3 Å². The average Bonchev–Trinajstić information content (AvgIpc) is 3.90. The van der Waals surface area contributed by atoms with Crippen molar-refractivity contribution in [3.8, 4) is 68.8 Å². The monoisotopic (exact) mass is 806 g/mol. The van der Waals surface area contributed by atoms with Crippen molar-refractivity contribution < 1.29 is 38.4 Å². The van der Waals surface area contributed by atoms with Crippen LogP contribution in [0.15, 0.2) is 72.8 Å². The molecular weight excluding hydrogens is 757 g/mol. The van der Waals surface area contributed by atoms with Crippen LogP contribution < -0.4 is 18.9 Å². The standard InChI is InChI=1S/C22H26N4O4.C21H24N4O4/c1-6-29-21-24-19(25-26-21)16-9-7-15(8-10-16)17-11-12-18(23-14(17)2)30-13-22(3,4)20(27)28-5;1-5-28-20-23-18(24-25-20)15-8-6-14(7-9-15)16-10-11-17(22-13(16)2)29-12-21(3,4)19(26)27/h7-12H,6,13H2,1-5H3,(H,24,25,26);6-11H,5,12H2,1-4H3,(H,26,27)(H,23,24,25). The van der Waals surface area contributed by atoms with Crippen molar-refractivity contribution >= 4 is 11.9 Å². The second-order valence-electron chi connectivity index (χ2n) is 14.7. The molecule has 4 aromatic heterocycles. The van der Waals surface area contributed by atoms with Gasteiger partial charge in [0.2, 0.25) is 11.8 Å². The molecular formula is C43H50N8O8. The summed E-state index contributed by atoms with van der Waals surface area (Å²) < 4.78 is 26.7. The van der Waals surface area contributed by atoms with Crippen molar-refractivity contribution in [3.05, 3.63) is 84.2 Å². The summed E-state index contributed by atoms with van der Waals surface area (Å²) in [6, 6.07) is 23.9. The van der Waals surface area contributed by atoms with E-state index < -0.39 is 16.8 Å². The maximum Gasteiger partial charge on any atom is 0.335 e. The second kappa shape index (κ2) is 19.1. The number of nitrogens with one attached hydrogen (secondary N) is 2. The van der Waals surface area contributed by atoms with Crippen molar-refractivity contribution in [1.82, 2.24) is 40.3 Å². The van der Waals surface area contributed by atoms with Crippen LogP contribution in [0.1, 0.15) is 52.9 Å². The predicted octanol–water partition coefficient (Wildman–Crippen LogP) is 7.55. The van der Waals surface area contributed by atoms with Crippen LogP contribution in [0, 0.1) is 24.7 Å². The Morgan fingerprint density at radius 2 is 0.966 bits per heavy atom. The number of ether oxygens (including phenoxy) is 5. The first kappa shape index (κ1) is 43.3. The Labute approximate surface area is 342 Å². The Morgan fingerprint density at radius 3 is 1.32 bits per heavy atom. The summed E-state index contributed by atoms with van der Waals surface area (Å²) in [4.78, 5) is 40.6. The second-order valence-corrected chi connectivity index (χ2v) is 14.7. The van der Waals surface area contributed by atoms with Crippen LogP contribution >= 0.6 is 0 Å². The number of nitrogens with zero attached hydrogens (tertiary/aromatic N) is 6. The van der Waals surface area contributed by atoms with E-state index in [9.17, 15) is 14.7 Å². The van der Waals surface area contributed by atoms with E-state index in [1.807, 2.05) is 88.4 Å². The molecule has 6 rings (SSSR count). The molecule has 0 bridgehead atoms. The van der Waals surface area contributed by atoms with Gasteiger partial charge in [-0.25, -0.2) is 9.97 Å². The highest BCUT2D eigenvalue weighted by atomic mass is 16.5. The average molecular weight is 807 g/mol. The number of carboxylic acids is 1. The minimum Gasteiger partial charge on any atom is -0.481 e. The first-order valence-electron chi connectivity index (χ1n) is 19.0. The normalized spacial score (nSPS) is 11.3. The van der Waals surface area contributed by atoms with Crippen LogP contribution in [-0.2, 0) is 14.3 Å². The minimum atomic E-state index is -0.979. The Kier molecular flexibility index (Phi) is 14.0. The number of carbonyl (C=O) groups is 2. The number of methoxy groups -OCH3 is 1. The molecule has 16 nitrogen and oxygen atoms in total. The number of hydrogen-bond acceptors (Lipinski definition) is 13. The Balaban J connectivity index is 0.000000224. The van der Waals surface area contributed by atoms with Crippen LogP contribution in [0.3, 0.4) is 0 Å². The topological polar surface area (TPSA) is 209 Å². The van der Waals surface area contributed by atoms with Gasteiger partial charge in [-0.05, 0) is 78.6 Å². The number of aromatic nitrogens is 8. The molecule has 0 spiro atoms. The van der Waals surface area contributed by atoms with Gasteiger partial charge in [-0.3, -0.25) is 19.8 Å². The quantitative estimate of drug-likeness (QED) is 0.0807. The lowest BCUT2D eigenvalue weighted by Crippen LogP contribution is -2.32. The van der Waals surface area contributed by atoms with Crippen LogP contribution in [-0.4, -0.2) is 90.9 Å². The highest BCUT2D eigenvalue weighted by Gasteiger charge is 2.30. The number of H-pyrrole nitrogens is 2. The lowest BCUT2D eigenvalue weighted by Gasteiger charge is -2.21. The number of benzene rings is 2. The highest BCUT2D eigenvalue weighted by Crippen LogP contribution is 2.30. The van der Waals surface area contributed by atoms with Crippen molar-refractivity contribution in [3.63, 3.8) is 0 Å². The molecule has 0 aliphatic heterocycles. The van der Waals surface area contributed by atoms with Gasteiger partial charge in [0.25, 0.3) is 0 Å². The van der Waals surface area contributed by atoms with Gasteiger partial charge in [0, 0.05) is 45.8 Å². The van der Waals surface area contributed by atoms with E-state index in [1.165, 1.54) is 7.11 Å². The van der Waals surface area contributed by atoms with E-state index in [1.54, 1.807) is 39.8 Å². The molecule has 0 fully saturated rings. The Morgan fingerprint density at radius 1 is 0.576 bits per heavy atom. The molecule has 310 valence electrons. The fraction of sp³-hybridized carbons (Fsp3) is 0.349. The number of carbonyl (C=O) groups excluding carboxylic acids is 1. The number of carboxylic acid groups (broad SMARTS) is 1. The number of rotatable bonds is 16. The first-order chi connectivity index (χ1) is 28.1. The fourth-order valence-electron chi connectivity index (χ4n) is 5.51. The fourth-order valence-corrected chi connectivity index (χ4v) is 5.51. The van der Waals surface area contributed by atoms with Crippen LogP contribution in [0.5, 0.6) is 23.8 Å². The number of aryl methyl sites for hydroxylation is 2. The SMILES string of the molecule is CCOc1n[nH]c(-c2ccc(-c3ccc(OCC(C)(C)C(=O)O)nc3C)cc2)n1.CCOc1n[nH]c(-c2ccc(-c3ccc(OCC(C)(C)C(=O)OC)nc3C)cc2)n1. The maximum atomic E-state index is 11.8. The van der Waals surface area contributed by atoms with Gasteiger partial charge in [-0.15, -0.1) is 10.2 Å². The highest BCUT2D eigenvalue weighted by molar-refractivity contribution is 5.76. The third kappa shape index (κ3) is 11.2. The number of aliphatic carboxylic acids is 1. The van der Waals surface area contributed by atoms with Crippen LogP contribution in [0.25, 0.3) is 45.0 Å². The van der Waals surface area contributed by atoms with Gasteiger partial charge >= 0.3 is 24.0 Å². The summed E-state index contributed by atoms with van der Waals surface area (Å²) in [6.45, 7) is 15.6. The van der Waals surface area contributed by atoms with Crippen molar-refractivity contribution in [2.45, 2.75) is 55.4 Å². The molecule has 6 aromatic rings. The van der Waals surface area contributed by atoms with Crippen molar-refractivity contribution in [1.29, 1.82) is 0 Å². The number of aromatic amines is 2. The predicted molar refractivity (Wildman–Crippen MR) is 220 cm³/mol. The first-order valence-corrected chi connectivity index (χ1v) is 19.0. The zero-order valence-electron chi connectivity index (χ0n) is 34.7.